The van der Waals surface area contributed by atoms with E-state index in [4.69, 9.17) is 33.1 Å². The number of carbonyl (C=O) groups is 1. The zero-order valence-corrected chi connectivity index (χ0v) is 13.5. The van der Waals surface area contributed by atoms with Crippen LogP contribution < -0.4 is 5.14 Å². The van der Waals surface area contributed by atoms with E-state index in [0.717, 1.165) is 6.07 Å². The molecule has 0 aliphatic rings. The van der Waals surface area contributed by atoms with Crippen LogP contribution in [0.2, 0.25) is 10.0 Å². The second-order valence-corrected chi connectivity index (χ2v) is 6.73. The Bertz CT molecular complexity index is 821. The maximum Gasteiger partial charge on any atom is 0.340 e. The molecule has 5 nitrogen and oxygen atoms in total. The molecule has 2 rings (SSSR count). The van der Waals surface area contributed by atoms with Crippen molar-refractivity contribution < 1.29 is 17.9 Å². The van der Waals surface area contributed by atoms with Gasteiger partial charge in [0.1, 0.15) is 6.61 Å². The van der Waals surface area contributed by atoms with Crippen molar-refractivity contribution in [3.8, 4) is 0 Å². The van der Waals surface area contributed by atoms with Gasteiger partial charge in [-0.25, -0.2) is 18.4 Å². The van der Waals surface area contributed by atoms with E-state index < -0.39 is 16.0 Å². The van der Waals surface area contributed by atoms with Gasteiger partial charge in [0.05, 0.1) is 15.5 Å². The Morgan fingerprint density at radius 3 is 2.41 bits per heavy atom. The van der Waals surface area contributed by atoms with Crippen LogP contribution in [0.25, 0.3) is 0 Å². The second-order valence-electron chi connectivity index (χ2n) is 4.35. The molecule has 0 saturated heterocycles. The van der Waals surface area contributed by atoms with Crippen molar-refractivity contribution >= 4 is 39.2 Å². The normalized spacial score (nSPS) is 11.2. The predicted octanol–water partition coefficient (Wildman–Crippen LogP) is 3.00. The topological polar surface area (TPSA) is 86.5 Å². The van der Waals surface area contributed by atoms with Crippen molar-refractivity contribution in [3.05, 3.63) is 63.6 Å². The van der Waals surface area contributed by atoms with E-state index in [0.29, 0.717) is 10.6 Å². The lowest BCUT2D eigenvalue weighted by atomic mass is 10.2. The summed E-state index contributed by atoms with van der Waals surface area (Å²) in [6, 6.07) is 10.4. The molecule has 0 atom stereocenters. The van der Waals surface area contributed by atoms with Crippen molar-refractivity contribution in [2.45, 2.75) is 11.5 Å². The van der Waals surface area contributed by atoms with Gasteiger partial charge in [-0.05, 0) is 24.3 Å². The highest BCUT2D eigenvalue weighted by molar-refractivity contribution is 7.89. The third kappa shape index (κ3) is 3.98. The van der Waals surface area contributed by atoms with Crippen LogP contribution >= 0.6 is 23.2 Å². The molecule has 2 N–H and O–H groups in total. The molecule has 0 fully saturated rings. The quantitative estimate of drug-likeness (QED) is 0.850. The molecule has 2 aromatic rings. The number of ether oxygens (including phenoxy) is 1. The minimum Gasteiger partial charge on any atom is -0.457 e. The Morgan fingerprint density at radius 1 is 1.09 bits per heavy atom. The first-order valence-electron chi connectivity index (χ1n) is 6.02. The molecule has 116 valence electrons. The van der Waals surface area contributed by atoms with E-state index >= 15 is 0 Å². The summed E-state index contributed by atoms with van der Waals surface area (Å²) in [5.41, 5.74) is 0.538. The highest BCUT2D eigenvalue weighted by Crippen LogP contribution is 2.22. The number of halogens is 2. The van der Waals surface area contributed by atoms with Gasteiger partial charge in [-0.2, -0.15) is 0 Å². The Kier molecular flexibility index (Phi) is 5.08. The molecule has 2 aromatic carbocycles. The van der Waals surface area contributed by atoms with Gasteiger partial charge < -0.3 is 4.74 Å². The first-order valence-corrected chi connectivity index (χ1v) is 8.32. The largest absolute Gasteiger partial charge is 0.457 e. The molecule has 0 amide bonds. The number of hydrogen-bond acceptors (Lipinski definition) is 4. The molecule has 0 aliphatic heterocycles. The summed E-state index contributed by atoms with van der Waals surface area (Å²) in [4.78, 5) is 11.8. The maximum absolute atomic E-state index is 12.0. The summed E-state index contributed by atoms with van der Waals surface area (Å²) in [5, 5.41) is 5.54. The van der Waals surface area contributed by atoms with Gasteiger partial charge in [-0.1, -0.05) is 41.4 Å². The van der Waals surface area contributed by atoms with Crippen LogP contribution in [0, 0.1) is 0 Å². The summed E-state index contributed by atoms with van der Waals surface area (Å²) < 4.78 is 27.7. The molecule has 0 radical (unpaired) electrons. The molecule has 0 saturated carbocycles. The van der Waals surface area contributed by atoms with Crippen molar-refractivity contribution in [3.63, 3.8) is 0 Å². The smallest absolute Gasteiger partial charge is 0.340 e. The first-order chi connectivity index (χ1) is 10.3. The SMILES string of the molecule is NS(=O)(=O)c1ccc(Cl)c(C(=O)OCc2ccccc2Cl)c1. The minimum absolute atomic E-state index is 0.0611. The van der Waals surface area contributed by atoms with Crippen LogP contribution in [-0.4, -0.2) is 14.4 Å². The number of hydrogen-bond donors (Lipinski definition) is 1. The van der Waals surface area contributed by atoms with E-state index in [1.807, 2.05) is 0 Å². The van der Waals surface area contributed by atoms with Gasteiger partial charge in [0.2, 0.25) is 10.0 Å². The van der Waals surface area contributed by atoms with Gasteiger partial charge in [0, 0.05) is 10.6 Å². The highest BCUT2D eigenvalue weighted by Gasteiger charge is 2.17. The fraction of sp³-hybridized carbons (Fsp3) is 0.0714. The molecule has 0 bridgehead atoms. The zero-order chi connectivity index (χ0) is 16.3. The number of rotatable bonds is 4. The van der Waals surface area contributed by atoms with E-state index in [-0.39, 0.29) is 22.1 Å². The first kappa shape index (κ1) is 16.8. The highest BCUT2D eigenvalue weighted by atomic mass is 35.5. The van der Waals surface area contributed by atoms with Crippen molar-refractivity contribution in [1.82, 2.24) is 0 Å². The molecule has 0 spiro atoms. The van der Waals surface area contributed by atoms with Crippen molar-refractivity contribution in [1.29, 1.82) is 0 Å². The summed E-state index contributed by atoms with van der Waals surface area (Å²) in [7, 11) is -3.94. The van der Waals surface area contributed by atoms with Crippen LogP contribution in [0.3, 0.4) is 0 Å². The number of primary sulfonamides is 1. The van der Waals surface area contributed by atoms with E-state index in [2.05, 4.69) is 0 Å². The lowest BCUT2D eigenvalue weighted by molar-refractivity contribution is 0.0473. The lowest BCUT2D eigenvalue weighted by Gasteiger charge is -2.08. The van der Waals surface area contributed by atoms with Gasteiger partial charge in [0.15, 0.2) is 0 Å². The Morgan fingerprint density at radius 2 is 1.77 bits per heavy atom. The van der Waals surface area contributed by atoms with Crippen LogP contribution in [0.5, 0.6) is 0 Å². The standard InChI is InChI=1S/C14H11Cl2NO4S/c15-12-4-2-1-3-9(12)8-21-14(18)11-7-10(22(17,19)20)5-6-13(11)16/h1-7H,8H2,(H2,17,19,20). The van der Waals surface area contributed by atoms with Gasteiger partial charge in [-0.3, -0.25) is 0 Å². The van der Waals surface area contributed by atoms with Gasteiger partial charge in [-0.15, -0.1) is 0 Å². The fourth-order valence-electron chi connectivity index (χ4n) is 1.67. The molecule has 8 heteroatoms. The average Bonchev–Trinajstić information content (AvgIpc) is 2.45. The molecule has 0 heterocycles. The molecule has 22 heavy (non-hydrogen) atoms. The number of carbonyl (C=O) groups excluding carboxylic acids is 1. The number of sulfonamides is 1. The Balaban J connectivity index is 2.21. The Hall–Kier alpha value is -1.60. The predicted molar refractivity (Wildman–Crippen MR) is 83.4 cm³/mol. The van der Waals surface area contributed by atoms with E-state index in [9.17, 15) is 13.2 Å². The van der Waals surface area contributed by atoms with Crippen LogP contribution in [0.4, 0.5) is 0 Å². The third-order valence-corrected chi connectivity index (χ3v) is 4.41. The van der Waals surface area contributed by atoms with E-state index in [1.165, 1.54) is 12.1 Å². The maximum atomic E-state index is 12.0. The lowest BCUT2D eigenvalue weighted by Crippen LogP contribution is -2.14. The van der Waals surface area contributed by atoms with Crippen LogP contribution in [-0.2, 0) is 21.4 Å². The van der Waals surface area contributed by atoms with Crippen molar-refractivity contribution in [2.24, 2.45) is 5.14 Å². The van der Waals surface area contributed by atoms with Crippen LogP contribution in [0.15, 0.2) is 47.4 Å². The monoisotopic (exact) mass is 359 g/mol. The van der Waals surface area contributed by atoms with E-state index in [1.54, 1.807) is 24.3 Å². The molecule has 0 unspecified atom stereocenters. The minimum atomic E-state index is -3.94. The molecule has 0 aliphatic carbocycles. The summed E-state index contributed by atoms with van der Waals surface area (Å²) >= 11 is 11.8. The third-order valence-electron chi connectivity index (χ3n) is 2.80. The average molecular weight is 360 g/mol. The summed E-state index contributed by atoms with van der Waals surface area (Å²) in [6.07, 6.45) is 0. The van der Waals surface area contributed by atoms with Crippen LogP contribution in [0.1, 0.15) is 15.9 Å². The fourth-order valence-corrected chi connectivity index (χ4v) is 2.60. The Labute approximate surface area is 137 Å². The number of esters is 1. The van der Waals surface area contributed by atoms with Gasteiger partial charge >= 0.3 is 5.97 Å². The molecular formula is C14H11Cl2NO4S. The zero-order valence-electron chi connectivity index (χ0n) is 11.1. The molecule has 0 aromatic heterocycles. The summed E-state index contributed by atoms with van der Waals surface area (Å²) in [6.45, 7) is -0.0611. The number of nitrogens with two attached hydrogens (primary N) is 1. The second kappa shape index (κ2) is 6.66. The molecular weight excluding hydrogens is 349 g/mol. The van der Waals surface area contributed by atoms with Crippen molar-refractivity contribution in [2.75, 3.05) is 0 Å². The summed E-state index contributed by atoms with van der Waals surface area (Å²) in [5.74, 6) is -0.768. The van der Waals surface area contributed by atoms with Gasteiger partial charge in [0.25, 0.3) is 0 Å². The number of benzene rings is 2.